The molecule has 7 heteroatoms. The van der Waals surface area contributed by atoms with E-state index in [1.54, 1.807) is 0 Å². The summed E-state index contributed by atoms with van der Waals surface area (Å²) in [6.07, 6.45) is 1.32. The Bertz CT molecular complexity index is 585. The van der Waals surface area contributed by atoms with E-state index in [2.05, 4.69) is 0 Å². The van der Waals surface area contributed by atoms with E-state index >= 15 is 0 Å². The minimum atomic E-state index is -3.67. The molecular formula is C13H16FNO4S. The molecule has 1 heterocycles. The van der Waals surface area contributed by atoms with Gasteiger partial charge in [-0.15, -0.1) is 0 Å². The van der Waals surface area contributed by atoms with Gasteiger partial charge in [-0.3, -0.25) is 4.79 Å². The Balaban J connectivity index is 2.16. The Labute approximate surface area is 117 Å². The molecule has 1 aromatic rings. The van der Waals surface area contributed by atoms with Crippen molar-refractivity contribution in [1.82, 2.24) is 4.31 Å². The van der Waals surface area contributed by atoms with Crippen molar-refractivity contribution in [3.05, 3.63) is 30.1 Å². The fourth-order valence-electron chi connectivity index (χ4n) is 2.41. The van der Waals surface area contributed by atoms with Gasteiger partial charge in [0.1, 0.15) is 5.82 Å². The van der Waals surface area contributed by atoms with Crippen LogP contribution < -0.4 is 0 Å². The first-order valence-corrected chi connectivity index (χ1v) is 7.81. The first-order valence-electron chi connectivity index (χ1n) is 6.37. The van der Waals surface area contributed by atoms with Crippen molar-refractivity contribution in [2.45, 2.75) is 24.2 Å². The van der Waals surface area contributed by atoms with E-state index in [0.717, 1.165) is 12.1 Å². The highest BCUT2D eigenvalue weighted by Gasteiger charge is 2.31. The van der Waals surface area contributed by atoms with Crippen LogP contribution in [0, 0.1) is 11.7 Å². The molecule has 1 saturated heterocycles. The molecule has 1 aromatic carbocycles. The summed E-state index contributed by atoms with van der Waals surface area (Å²) in [5.41, 5.74) is 0. The summed E-state index contributed by atoms with van der Waals surface area (Å²) < 4.78 is 38.9. The Morgan fingerprint density at radius 2 is 2.00 bits per heavy atom. The Kier molecular flexibility index (Phi) is 4.39. The van der Waals surface area contributed by atoms with Crippen molar-refractivity contribution in [1.29, 1.82) is 0 Å². The van der Waals surface area contributed by atoms with Gasteiger partial charge in [0, 0.05) is 19.5 Å². The van der Waals surface area contributed by atoms with E-state index in [1.807, 2.05) is 0 Å². The second-order valence-corrected chi connectivity index (χ2v) is 6.86. The Morgan fingerprint density at radius 1 is 1.35 bits per heavy atom. The quantitative estimate of drug-likeness (QED) is 0.918. The van der Waals surface area contributed by atoms with E-state index < -0.39 is 21.8 Å². The lowest BCUT2D eigenvalue weighted by atomic mass is 9.96. The summed E-state index contributed by atoms with van der Waals surface area (Å²) in [4.78, 5) is 10.8. The van der Waals surface area contributed by atoms with E-state index in [0.29, 0.717) is 19.4 Å². The average Bonchev–Trinajstić information content (AvgIpc) is 2.39. The fraction of sp³-hybridized carbons (Fsp3) is 0.462. The molecule has 0 radical (unpaired) electrons. The highest BCUT2D eigenvalue weighted by Crippen LogP contribution is 2.25. The summed E-state index contributed by atoms with van der Waals surface area (Å²) in [5, 5.41) is 8.79. The van der Waals surface area contributed by atoms with Gasteiger partial charge in [-0.2, -0.15) is 4.31 Å². The first kappa shape index (κ1) is 14.9. The molecule has 1 aliphatic rings. The third-order valence-corrected chi connectivity index (χ3v) is 5.28. The molecule has 110 valence electrons. The van der Waals surface area contributed by atoms with Gasteiger partial charge < -0.3 is 5.11 Å². The zero-order valence-corrected chi connectivity index (χ0v) is 11.6. The van der Waals surface area contributed by atoms with E-state index in [-0.39, 0.29) is 23.8 Å². The highest BCUT2D eigenvalue weighted by molar-refractivity contribution is 7.89. The van der Waals surface area contributed by atoms with E-state index in [9.17, 15) is 17.6 Å². The molecule has 20 heavy (non-hydrogen) atoms. The lowest BCUT2D eigenvalue weighted by molar-refractivity contribution is -0.138. The third kappa shape index (κ3) is 3.34. The lowest BCUT2D eigenvalue weighted by Crippen LogP contribution is -2.40. The van der Waals surface area contributed by atoms with Crippen molar-refractivity contribution in [2.75, 3.05) is 13.1 Å². The molecule has 1 atom stereocenters. The zero-order valence-electron chi connectivity index (χ0n) is 10.8. The maximum Gasteiger partial charge on any atom is 0.303 e. The summed E-state index contributed by atoms with van der Waals surface area (Å²) in [7, 11) is -3.67. The van der Waals surface area contributed by atoms with Crippen LogP contribution in [-0.2, 0) is 14.8 Å². The van der Waals surface area contributed by atoms with Gasteiger partial charge in [0.2, 0.25) is 10.0 Å². The van der Waals surface area contributed by atoms with E-state index in [4.69, 9.17) is 5.11 Å². The average molecular weight is 301 g/mol. The van der Waals surface area contributed by atoms with Gasteiger partial charge in [0.05, 0.1) is 4.90 Å². The van der Waals surface area contributed by atoms with Crippen LogP contribution in [0.2, 0.25) is 0 Å². The van der Waals surface area contributed by atoms with Gasteiger partial charge in [0.25, 0.3) is 0 Å². The molecule has 0 aliphatic carbocycles. The molecule has 1 aliphatic heterocycles. The summed E-state index contributed by atoms with van der Waals surface area (Å²) in [6.45, 7) is 0.571. The molecule has 0 saturated carbocycles. The minimum absolute atomic E-state index is 0.0323. The highest BCUT2D eigenvalue weighted by atomic mass is 32.2. The number of rotatable bonds is 4. The number of benzene rings is 1. The van der Waals surface area contributed by atoms with Crippen LogP contribution in [-0.4, -0.2) is 36.9 Å². The number of aliphatic carboxylic acids is 1. The second kappa shape index (κ2) is 5.88. The molecular weight excluding hydrogens is 285 g/mol. The molecule has 2 rings (SSSR count). The van der Waals surface area contributed by atoms with Crippen LogP contribution in [0.15, 0.2) is 29.2 Å². The molecule has 0 bridgehead atoms. The number of nitrogens with zero attached hydrogens (tertiary/aromatic N) is 1. The number of halogens is 1. The van der Waals surface area contributed by atoms with Crippen molar-refractivity contribution < 1.29 is 22.7 Å². The molecule has 1 N–H and O–H groups in total. The van der Waals surface area contributed by atoms with Gasteiger partial charge >= 0.3 is 5.97 Å². The number of sulfonamides is 1. The monoisotopic (exact) mass is 301 g/mol. The molecule has 0 aromatic heterocycles. The summed E-state index contributed by atoms with van der Waals surface area (Å²) in [6, 6.07) is 4.66. The third-order valence-electron chi connectivity index (χ3n) is 3.40. The minimum Gasteiger partial charge on any atom is -0.481 e. The van der Waals surface area contributed by atoms with Gasteiger partial charge in [0.15, 0.2) is 0 Å². The topological polar surface area (TPSA) is 74.7 Å². The smallest absolute Gasteiger partial charge is 0.303 e. The van der Waals surface area contributed by atoms with Crippen LogP contribution in [0.1, 0.15) is 19.3 Å². The number of carboxylic acid groups (broad SMARTS) is 1. The largest absolute Gasteiger partial charge is 0.481 e. The van der Waals surface area contributed by atoms with Crippen molar-refractivity contribution >= 4 is 16.0 Å². The maximum absolute atomic E-state index is 12.8. The van der Waals surface area contributed by atoms with Crippen LogP contribution in [0.5, 0.6) is 0 Å². The van der Waals surface area contributed by atoms with Crippen LogP contribution >= 0.6 is 0 Å². The predicted molar refractivity (Wildman–Crippen MR) is 70.1 cm³/mol. The Hall–Kier alpha value is -1.47. The Morgan fingerprint density at radius 3 is 2.60 bits per heavy atom. The van der Waals surface area contributed by atoms with Crippen molar-refractivity contribution in [3.63, 3.8) is 0 Å². The van der Waals surface area contributed by atoms with E-state index in [1.165, 1.54) is 16.4 Å². The predicted octanol–water partition coefficient (Wildman–Crippen LogP) is 1.70. The molecule has 0 amide bonds. The van der Waals surface area contributed by atoms with Crippen LogP contribution in [0.3, 0.4) is 0 Å². The molecule has 0 spiro atoms. The van der Waals surface area contributed by atoms with Gasteiger partial charge in [-0.05, 0) is 43.0 Å². The standard InChI is InChI=1S/C13H16FNO4S/c14-11-3-5-12(6-4-11)20(18,19)15-7-1-2-10(9-15)8-13(16)17/h3-6,10H,1-2,7-9H2,(H,16,17). The summed E-state index contributed by atoms with van der Waals surface area (Å²) >= 11 is 0. The van der Waals surface area contributed by atoms with Crippen molar-refractivity contribution in [3.8, 4) is 0 Å². The number of carbonyl (C=O) groups is 1. The van der Waals surface area contributed by atoms with Gasteiger partial charge in [-0.1, -0.05) is 0 Å². The van der Waals surface area contributed by atoms with Crippen molar-refractivity contribution in [2.24, 2.45) is 5.92 Å². The normalized spacial score (nSPS) is 20.8. The fourth-order valence-corrected chi connectivity index (χ4v) is 3.97. The maximum atomic E-state index is 12.8. The van der Waals surface area contributed by atoms with Crippen LogP contribution in [0.25, 0.3) is 0 Å². The number of piperidine rings is 1. The second-order valence-electron chi connectivity index (χ2n) is 4.92. The summed E-state index contributed by atoms with van der Waals surface area (Å²) in [5.74, 6) is -1.58. The molecule has 1 unspecified atom stereocenters. The van der Waals surface area contributed by atoms with Crippen LogP contribution in [0.4, 0.5) is 4.39 Å². The van der Waals surface area contributed by atoms with Gasteiger partial charge in [-0.25, -0.2) is 12.8 Å². The lowest BCUT2D eigenvalue weighted by Gasteiger charge is -2.31. The SMILES string of the molecule is O=C(O)CC1CCCN(S(=O)(=O)c2ccc(F)cc2)C1. The first-order chi connectivity index (χ1) is 9.39. The number of carboxylic acids is 1. The molecule has 1 fully saturated rings. The number of hydrogen-bond donors (Lipinski definition) is 1. The molecule has 5 nitrogen and oxygen atoms in total. The zero-order chi connectivity index (χ0) is 14.8. The number of hydrogen-bond acceptors (Lipinski definition) is 3.